The van der Waals surface area contributed by atoms with Gasteiger partial charge in [0.15, 0.2) is 0 Å². The number of nitrogen functional groups attached to an aromatic ring is 1. The number of amides is 1. The summed E-state index contributed by atoms with van der Waals surface area (Å²) in [6, 6.07) is 15.1. The molecule has 0 bridgehead atoms. The van der Waals surface area contributed by atoms with Gasteiger partial charge in [0, 0.05) is 11.1 Å². The van der Waals surface area contributed by atoms with Crippen molar-refractivity contribution >= 4 is 17.3 Å². The molecule has 4 N–H and O–H groups in total. The van der Waals surface area contributed by atoms with Crippen LogP contribution >= 0.6 is 0 Å². The molecule has 7 heteroatoms. The number of aromatic nitrogens is 2. The van der Waals surface area contributed by atoms with Crippen LogP contribution in [0.5, 0.6) is 0 Å². The Bertz CT molecular complexity index is 1250. The van der Waals surface area contributed by atoms with Gasteiger partial charge >= 0.3 is 0 Å². The van der Waals surface area contributed by atoms with Crippen LogP contribution in [0.15, 0.2) is 66.9 Å². The molecule has 0 fully saturated rings. The van der Waals surface area contributed by atoms with Crippen LogP contribution in [0.3, 0.4) is 0 Å². The van der Waals surface area contributed by atoms with Crippen LogP contribution in [-0.4, -0.2) is 40.7 Å². The van der Waals surface area contributed by atoms with Gasteiger partial charge in [0.05, 0.1) is 43.1 Å². The summed E-state index contributed by atoms with van der Waals surface area (Å²) in [6.45, 7) is -4.73. The summed E-state index contributed by atoms with van der Waals surface area (Å²) in [5.41, 5.74) is 8.68. The Morgan fingerprint density at radius 2 is 2.00 bits per heavy atom. The van der Waals surface area contributed by atoms with Crippen molar-refractivity contribution in [1.29, 1.82) is 0 Å². The fourth-order valence-electron chi connectivity index (χ4n) is 3.18. The number of aliphatic hydroxyl groups excluding tert-OH is 1. The largest absolute Gasteiger partial charge is 0.394 e. The maximum atomic E-state index is 12.7. The molecule has 3 aromatic rings. The Balaban J connectivity index is 1.57. The van der Waals surface area contributed by atoms with Gasteiger partial charge in [0.2, 0.25) is 0 Å². The summed E-state index contributed by atoms with van der Waals surface area (Å²) < 4.78 is 36.1. The van der Waals surface area contributed by atoms with E-state index in [-0.39, 0.29) is 30.4 Å². The Morgan fingerprint density at radius 3 is 2.71 bits per heavy atom. The lowest BCUT2D eigenvalue weighted by molar-refractivity contribution is 0.0916. The number of benzene rings is 2. The summed E-state index contributed by atoms with van der Waals surface area (Å²) in [4.78, 5) is 21.4. The summed E-state index contributed by atoms with van der Waals surface area (Å²) in [7, 11) is 0. The molecule has 0 radical (unpaired) electrons. The second-order valence-electron chi connectivity index (χ2n) is 6.90. The zero-order valence-corrected chi connectivity index (χ0v) is 16.6. The third-order valence-corrected chi connectivity index (χ3v) is 4.87. The van der Waals surface area contributed by atoms with Crippen molar-refractivity contribution in [3.8, 4) is 11.3 Å². The molecule has 158 valence electrons. The fourth-order valence-corrected chi connectivity index (χ4v) is 3.18. The molecule has 1 aromatic heterocycles. The Kier molecular flexibility index (Phi) is 4.96. The topological polar surface area (TPSA) is 110 Å². The van der Waals surface area contributed by atoms with E-state index in [1.54, 1.807) is 24.3 Å². The minimum Gasteiger partial charge on any atom is -0.394 e. The van der Waals surface area contributed by atoms with Gasteiger partial charge in [0.1, 0.15) is 11.5 Å². The first-order valence-corrected chi connectivity index (χ1v) is 9.69. The van der Waals surface area contributed by atoms with Crippen LogP contribution < -0.4 is 11.1 Å². The average molecular weight is 421 g/mol. The van der Waals surface area contributed by atoms with Crippen LogP contribution in [0, 0.1) is 0 Å². The molecule has 2 heterocycles. The van der Waals surface area contributed by atoms with E-state index < -0.39 is 19.2 Å². The van der Waals surface area contributed by atoms with E-state index in [9.17, 15) is 9.90 Å². The molecule has 1 atom stereocenters. The molecule has 1 amide bonds. The molecule has 2 aromatic carbocycles. The van der Waals surface area contributed by atoms with Crippen LogP contribution in [0.25, 0.3) is 16.8 Å². The number of rotatable bonds is 6. The minimum absolute atomic E-state index is 0.133. The lowest BCUT2D eigenvalue weighted by Crippen LogP contribution is -2.30. The molecular weight excluding hydrogens is 392 g/mol. The summed E-state index contributed by atoms with van der Waals surface area (Å²) >= 11 is 0. The number of hydrogen-bond acceptors (Lipinski definition) is 6. The Hall–Kier alpha value is -3.55. The van der Waals surface area contributed by atoms with Gasteiger partial charge in [-0.15, -0.1) is 0 Å². The molecule has 0 aliphatic carbocycles. The van der Waals surface area contributed by atoms with Gasteiger partial charge in [0.25, 0.3) is 5.91 Å². The molecule has 0 spiro atoms. The van der Waals surface area contributed by atoms with Crippen LogP contribution in [-0.2, 0) is 4.74 Å². The van der Waals surface area contributed by atoms with Gasteiger partial charge in [-0.05, 0) is 29.7 Å². The SMILES string of the molecule is [2H]C1([2H])C=C(c2cnc(N)c(-c3ccc(C(=O)N[C@H](CO)c4ccccc4)cc3)n2)CC([2H])([2H])O1. The monoisotopic (exact) mass is 420 g/mol. The Labute approximate surface area is 186 Å². The molecule has 0 saturated carbocycles. The number of nitrogens with one attached hydrogen (secondary N) is 1. The van der Waals surface area contributed by atoms with Crippen LogP contribution in [0.4, 0.5) is 5.82 Å². The van der Waals surface area contributed by atoms with Gasteiger partial charge in [-0.25, -0.2) is 9.97 Å². The fraction of sp³-hybridized carbons (Fsp3) is 0.208. The lowest BCUT2D eigenvalue weighted by Gasteiger charge is -2.17. The second-order valence-corrected chi connectivity index (χ2v) is 6.90. The molecule has 0 saturated heterocycles. The van der Waals surface area contributed by atoms with E-state index in [2.05, 4.69) is 15.3 Å². The maximum absolute atomic E-state index is 12.7. The normalized spacial score (nSPS) is 19.7. The average Bonchev–Trinajstić information content (AvgIpc) is 2.81. The van der Waals surface area contributed by atoms with Crippen molar-refractivity contribution in [3.05, 3.63) is 83.7 Å². The number of nitrogens with two attached hydrogens (primary N) is 1. The minimum atomic E-state index is -2.29. The van der Waals surface area contributed by atoms with E-state index in [1.165, 1.54) is 12.3 Å². The number of carbonyl (C=O) groups is 1. The molecular formula is C24H24N4O3. The zero-order valence-electron chi connectivity index (χ0n) is 20.6. The molecule has 1 aliphatic heterocycles. The van der Waals surface area contributed by atoms with E-state index in [0.29, 0.717) is 22.4 Å². The highest BCUT2D eigenvalue weighted by Crippen LogP contribution is 2.26. The number of hydrogen-bond donors (Lipinski definition) is 3. The van der Waals surface area contributed by atoms with Crippen molar-refractivity contribution < 1.29 is 20.1 Å². The third kappa shape index (κ3) is 4.79. The second kappa shape index (κ2) is 9.51. The summed E-state index contributed by atoms with van der Waals surface area (Å²) in [5.74, 6) is -0.224. The summed E-state index contributed by atoms with van der Waals surface area (Å²) in [5, 5.41) is 12.5. The molecule has 7 nitrogen and oxygen atoms in total. The van der Waals surface area contributed by atoms with Crippen molar-refractivity contribution in [2.45, 2.75) is 12.5 Å². The first-order valence-electron chi connectivity index (χ1n) is 11.7. The number of aliphatic hydroxyl groups is 1. The number of anilines is 1. The van der Waals surface area contributed by atoms with Gasteiger partial charge in [-0.1, -0.05) is 48.5 Å². The predicted octanol–water partition coefficient (Wildman–Crippen LogP) is 2.99. The predicted molar refractivity (Wildman–Crippen MR) is 119 cm³/mol. The van der Waals surface area contributed by atoms with Gasteiger partial charge in [-0.3, -0.25) is 4.79 Å². The number of carbonyl (C=O) groups excluding carboxylic acids is 1. The number of nitrogens with zero attached hydrogens (tertiary/aromatic N) is 2. The number of ether oxygens (including phenoxy) is 1. The van der Waals surface area contributed by atoms with Crippen molar-refractivity contribution in [2.24, 2.45) is 0 Å². The van der Waals surface area contributed by atoms with E-state index in [1.807, 2.05) is 30.3 Å². The molecule has 1 aliphatic rings. The highest BCUT2D eigenvalue weighted by atomic mass is 16.5. The van der Waals surface area contributed by atoms with Crippen molar-refractivity contribution in [3.63, 3.8) is 0 Å². The molecule has 0 unspecified atom stereocenters. The van der Waals surface area contributed by atoms with E-state index >= 15 is 0 Å². The maximum Gasteiger partial charge on any atom is 0.251 e. The summed E-state index contributed by atoms with van der Waals surface area (Å²) in [6.07, 6.45) is 2.34. The van der Waals surface area contributed by atoms with Crippen LogP contribution in [0.2, 0.25) is 0 Å². The smallest absolute Gasteiger partial charge is 0.251 e. The van der Waals surface area contributed by atoms with Crippen LogP contribution in [0.1, 0.15) is 39.6 Å². The van der Waals surface area contributed by atoms with Gasteiger partial charge in [-0.2, -0.15) is 0 Å². The third-order valence-electron chi connectivity index (χ3n) is 4.87. The quantitative estimate of drug-likeness (QED) is 0.565. The first kappa shape index (κ1) is 16.2. The lowest BCUT2D eigenvalue weighted by atomic mass is 10.0. The van der Waals surface area contributed by atoms with Gasteiger partial charge < -0.3 is 20.9 Å². The molecule has 4 rings (SSSR count). The standard InChI is InChI=1S/C24H24N4O3/c25-23-22(27-20(14-26-23)17-10-12-31-13-11-17)18-6-8-19(9-7-18)24(30)28-21(15-29)16-4-2-1-3-5-16/h1-10,14,21,29H,11-13,15H2,(H2,25,26)(H,28,30)/t21-/m1/s1/i12D2,13D2. The highest BCUT2D eigenvalue weighted by molar-refractivity contribution is 5.95. The zero-order chi connectivity index (χ0) is 25.2. The van der Waals surface area contributed by atoms with E-state index in [0.717, 1.165) is 5.56 Å². The van der Waals surface area contributed by atoms with Crippen molar-refractivity contribution in [2.75, 3.05) is 25.5 Å². The highest BCUT2D eigenvalue weighted by Gasteiger charge is 2.16. The van der Waals surface area contributed by atoms with E-state index in [4.69, 9.17) is 16.0 Å². The van der Waals surface area contributed by atoms with Crippen molar-refractivity contribution in [1.82, 2.24) is 15.3 Å². The Morgan fingerprint density at radius 1 is 1.23 bits per heavy atom. The first-order chi connectivity index (χ1) is 16.6. The molecule has 31 heavy (non-hydrogen) atoms.